The van der Waals surface area contributed by atoms with Crippen LogP contribution in [0.3, 0.4) is 0 Å². The minimum absolute atomic E-state index is 0.188. The topological polar surface area (TPSA) is 34.1 Å². The highest BCUT2D eigenvalue weighted by molar-refractivity contribution is 5.88. The minimum atomic E-state index is -0.188. The minimum Gasteiger partial charge on any atom is -0.488 e. The van der Waals surface area contributed by atoms with Crippen molar-refractivity contribution in [2.75, 3.05) is 13.1 Å². The maximum atomic E-state index is 6.12. The summed E-state index contributed by atoms with van der Waals surface area (Å²) in [4.78, 5) is 4.68. The van der Waals surface area contributed by atoms with Gasteiger partial charge in [0, 0.05) is 28.6 Å². The van der Waals surface area contributed by atoms with E-state index in [0.717, 1.165) is 24.2 Å². The van der Waals surface area contributed by atoms with E-state index < -0.39 is 0 Å². The van der Waals surface area contributed by atoms with Crippen molar-refractivity contribution < 1.29 is 4.74 Å². The first-order valence-corrected chi connectivity index (χ1v) is 7.81. The van der Waals surface area contributed by atoms with E-state index in [0.29, 0.717) is 5.92 Å². The van der Waals surface area contributed by atoms with Gasteiger partial charge < -0.3 is 10.1 Å². The van der Waals surface area contributed by atoms with Gasteiger partial charge in [-0.2, -0.15) is 0 Å². The Labute approximate surface area is 126 Å². The van der Waals surface area contributed by atoms with Crippen molar-refractivity contribution in [2.24, 2.45) is 0 Å². The predicted molar refractivity (Wildman–Crippen MR) is 87.0 cm³/mol. The van der Waals surface area contributed by atoms with Crippen LogP contribution >= 0.6 is 0 Å². The van der Waals surface area contributed by atoms with E-state index in [1.54, 1.807) is 0 Å². The van der Waals surface area contributed by atoms with Crippen molar-refractivity contribution in [1.82, 2.24) is 10.3 Å². The van der Waals surface area contributed by atoms with Crippen LogP contribution in [0.1, 0.15) is 45.2 Å². The summed E-state index contributed by atoms with van der Waals surface area (Å²) < 4.78 is 6.12. The summed E-state index contributed by atoms with van der Waals surface area (Å²) in [7, 11) is 0. The number of ether oxygens (including phenoxy) is 1. The fraction of sp³-hybridized carbons (Fsp3) is 0.500. The SMILES string of the molecule is CC(C)(C)Oc1cccc2cnc(C3CCNCC3)cc12. The Hall–Kier alpha value is -1.61. The summed E-state index contributed by atoms with van der Waals surface area (Å²) in [5.74, 6) is 1.52. The standard InChI is InChI=1S/C18H24N2O/c1-18(2,3)21-17-6-4-5-14-12-20-16(11-15(14)17)13-7-9-19-10-8-13/h4-6,11-13,19H,7-10H2,1-3H3. The molecule has 1 aromatic heterocycles. The first-order valence-electron chi connectivity index (χ1n) is 7.81. The zero-order valence-corrected chi connectivity index (χ0v) is 13.1. The number of pyridine rings is 1. The molecule has 1 fully saturated rings. The van der Waals surface area contributed by atoms with Gasteiger partial charge in [-0.15, -0.1) is 0 Å². The smallest absolute Gasteiger partial charge is 0.128 e. The summed E-state index contributed by atoms with van der Waals surface area (Å²) in [6, 6.07) is 8.42. The van der Waals surface area contributed by atoms with E-state index in [2.05, 4.69) is 49.3 Å². The Balaban J connectivity index is 2.00. The molecule has 1 aromatic carbocycles. The Bertz CT molecular complexity index is 625. The van der Waals surface area contributed by atoms with Gasteiger partial charge in [0.15, 0.2) is 0 Å². The lowest BCUT2D eigenvalue weighted by Gasteiger charge is -2.24. The van der Waals surface area contributed by atoms with E-state index >= 15 is 0 Å². The quantitative estimate of drug-likeness (QED) is 0.908. The lowest BCUT2D eigenvalue weighted by Crippen LogP contribution is -2.27. The molecule has 0 unspecified atom stereocenters. The summed E-state index contributed by atoms with van der Waals surface area (Å²) in [6.07, 6.45) is 4.32. The van der Waals surface area contributed by atoms with Crippen molar-refractivity contribution in [1.29, 1.82) is 0 Å². The normalized spacial score (nSPS) is 17.1. The van der Waals surface area contributed by atoms with Gasteiger partial charge in [-0.05, 0) is 58.8 Å². The lowest BCUT2D eigenvalue weighted by molar-refractivity contribution is 0.133. The number of benzene rings is 1. The van der Waals surface area contributed by atoms with Crippen LogP contribution in [0.5, 0.6) is 5.75 Å². The molecule has 1 N–H and O–H groups in total. The third kappa shape index (κ3) is 3.35. The summed E-state index contributed by atoms with van der Waals surface area (Å²) in [5, 5.41) is 5.74. The van der Waals surface area contributed by atoms with Crippen LogP contribution in [0, 0.1) is 0 Å². The number of nitrogens with zero attached hydrogens (tertiary/aromatic N) is 1. The van der Waals surface area contributed by atoms with Gasteiger partial charge in [0.1, 0.15) is 11.4 Å². The molecule has 2 heterocycles. The third-order valence-corrected chi connectivity index (χ3v) is 3.92. The number of hydrogen-bond acceptors (Lipinski definition) is 3. The Morgan fingerprint density at radius 1 is 1.19 bits per heavy atom. The molecule has 1 aliphatic rings. The molecular weight excluding hydrogens is 260 g/mol. The maximum Gasteiger partial charge on any atom is 0.128 e. The summed E-state index contributed by atoms with van der Waals surface area (Å²) in [5.41, 5.74) is 1.01. The van der Waals surface area contributed by atoms with Crippen LogP contribution in [0.2, 0.25) is 0 Å². The van der Waals surface area contributed by atoms with Crippen LogP contribution in [0.25, 0.3) is 10.8 Å². The van der Waals surface area contributed by atoms with Gasteiger partial charge in [-0.3, -0.25) is 4.98 Å². The fourth-order valence-electron chi connectivity index (χ4n) is 2.92. The Morgan fingerprint density at radius 2 is 1.95 bits per heavy atom. The molecule has 21 heavy (non-hydrogen) atoms. The molecule has 2 aromatic rings. The Morgan fingerprint density at radius 3 is 2.67 bits per heavy atom. The van der Waals surface area contributed by atoms with E-state index in [4.69, 9.17) is 4.74 Å². The molecule has 0 aliphatic carbocycles. The molecule has 3 nitrogen and oxygen atoms in total. The highest BCUT2D eigenvalue weighted by Crippen LogP contribution is 2.32. The van der Waals surface area contributed by atoms with Gasteiger partial charge in [-0.25, -0.2) is 0 Å². The van der Waals surface area contributed by atoms with Gasteiger partial charge in [0.05, 0.1) is 0 Å². The lowest BCUT2D eigenvalue weighted by atomic mass is 9.93. The molecule has 1 saturated heterocycles. The van der Waals surface area contributed by atoms with Crippen molar-refractivity contribution in [3.63, 3.8) is 0 Å². The number of nitrogens with one attached hydrogen (secondary N) is 1. The second-order valence-corrected chi connectivity index (χ2v) is 6.83. The molecule has 112 valence electrons. The molecule has 1 aliphatic heterocycles. The van der Waals surface area contributed by atoms with E-state index in [9.17, 15) is 0 Å². The Kier molecular flexibility index (Phi) is 3.85. The molecule has 3 heteroatoms. The number of fused-ring (bicyclic) bond motifs is 1. The first kappa shape index (κ1) is 14.3. The fourth-order valence-corrected chi connectivity index (χ4v) is 2.92. The van der Waals surface area contributed by atoms with Crippen LogP contribution in [-0.4, -0.2) is 23.7 Å². The van der Waals surface area contributed by atoms with Crippen LogP contribution in [0.15, 0.2) is 30.5 Å². The molecule has 3 rings (SSSR count). The molecule has 0 spiro atoms. The van der Waals surface area contributed by atoms with Crippen molar-refractivity contribution in [3.8, 4) is 5.75 Å². The van der Waals surface area contributed by atoms with Gasteiger partial charge in [0.25, 0.3) is 0 Å². The average molecular weight is 284 g/mol. The number of aromatic nitrogens is 1. The zero-order valence-electron chi connectivity index (χ0n) is 13.1. The zero-order chi connectivity index (χ0) is 14.9. The number of piperidine rings is 1. The van der Waals surface area contributed by atoms with Crippen LogP contribution in [-0.2, 0) is 0 Å². The largest absolute Gasteiger partial charge is 0.488 e. The average Bonchev–Trinajstić information content (AvgIpc) is 2.47. The molecular formula is C18H24N2O. The monoisotopic (exact) mass is 284 g/mol. The number of rotatable bonds is 2. The second kappa shape index (κ2) is 5.64. The molecule has 0 bridgehead atoms. The molecule has 0 radical (unpaired) electrons. The molecule has 0 saturated carbocycles. The molecule has 0 atom stereocenters. The highest BCUT2D eigenvalue weighted by atomic mass is 16.5. The number of hydrogen-bond donors (Lipinski definition) is 1. The summed E-state index contributed by atoms with van der Waals surface area (Å²) >= 11 is 0. The van der Waals surface area contributed by atoms with E-state index in [1.807, 2.05) is 12.3 Å². The first-order chi connectivity index (χ1) is 10.0. The van der Waals surface area contributed by atoms with E-state index in [1.165, 1.54) is 23.9 Å². The maximum absolute atomic E-state index is 6.12. The van der Waals surface area contributed by atoms with Gasteiger partial charge in [0.2, 0.25) is 0 Å². The predicted octanol–water partition coefficient (Wildman–Crippen LogP) is 3.88. The summed E-state index contributed by atoms with van der Waals surface area (Å²) in [6.45, 7) is 8.43. The highest BCUT2D eigenvalue weighted by Gasteiger charge is 2.18. The van der Waals surface area contributed by atoms with Crippen LogP contribution < -0.4 is 10.1 Å². The second-order valence-electron chi connectivity index (χ2n) is 6.83. The van der Waals surface area contributed by atoms with Gasteiger partial charge >= 0.3 is 0 Å². The van der Waals surface area contributed by atoms with E-state index in [-0.39, 0.29) is 5.60 Å². The van der Waals surface area contributed by atoms with Crippen molar-refractivity contribution in [2.45, 2.75) is 45.1 Å². The van der Waals surface area contributed by atoms with Crippen molar-refractivity contribution >= 4 is 10.8 Å². The van der Waals surface area contributed by atoms with Crippen LogP contribution in [0.4, 0.5) is 0 Å². The third-order valence-electron chi connectivity index (χ3n) is 3.92. The van der Waals surface area contributed by atoms with Crippen molar-refractivity contribution in [3.05, 3.63) is 36.2 Å². The molecule has 0 amide bonds. The van der Waals surface area contributed by atoms with Gasteiger partial charge in [-0.1, -0.05) is 12.1 Å².